The molecule has 0 rings (SSSR count). The molecule has 0 saturated heterocycles. The number of aliphatic hydroxyl groups excluding tert-OH is 1. The van der Waals surface area contributed by atoms with Crippen molar-refractivity contribution in [3.8, 4) is 0 Å². The normalized spacial score (nSPS) is 13.9. The summed E-state index contributed by atoms with van der Waals surface area (Å²) in [5.74, 6) is 0. The lowest BCUT2D eigenvalue weighted by molar-refractivity contribution is -0.189. The minimum absolute atomic E-state index is 0.449. The van der Waals surface area contributed by atoms with Crippen molar-refractivity contribution in [2.24, 2.45) is 0 Å². The molecule has 1 atom stereocenters. The highest BCUT2D eigenvalue weighted by Gasteiger charge is 2.16. The van der Waals surface area contributed by atoms with Gasteiger partial charge in [-0.15, -0.1) is 0 Å². The van der Waals surface area contributed by atoms with E-state index in [9.17, 15) is 5.11 Å². The summed E-state index contributed by atoms with van der Waals surface area (Å²) in [6.07, 6.45) is -0.296. The van der Waals surface area contributed by atoms with E-state index in [4.69, 9.17) is 9.47 Å². The number of aliphatic hydroxyl groups is 1. The van der Waals surface area contributed by atoms with E-state index in [1.165, 1.54) is 0 Å². The molecule has 0 aromatic carbocycles. The highest BCUT2D eigenvalue weighted by Crippen LogP contribution is 2.04. The summed E-state index contributed by atoms with van der Waals surface area (Å²) in [6, 6.07) is 0. The number of rotatable bonds is 6. The predicted molar refractivity (Wildman–Crippen MR) is 43.3 cm³/mol. The minimum Gasteiger partial charge on any atom is -0.388 e. The second-order valence-electron chi connectivity index (χ2n) is 2.25. The molecule has 0 aromatic rings. The SMILES string of the molecule is CCOC(OCC)C(O)CC. The van der Waals surface area contributed by atoms with Gasteiger partial charge in [-0.05, 0) is 20.3 Å². The Morgan fingerprint density at radius 2 is 1.55 bits per heavy atom. The van der Waals surface area contributed by atoms with E-state index in [-0.39, 0.29) is 0 Å². The summed E-state index contributed by atoms with van der Waals surface area (Å²) in [4.78, 5) is 0. The second kappa shape index (κ2) is 6.58. The molecule has 0 bridgehead atoms. The second-order valence-corrected chi connectivity index (χ2v) is 2.25. The fourth-order valence-electron chi connectivity index (χ4n) is 0.791. The van der Waals surface area contributed by atoms with E-state index >= 15 is 0 Å². The maximum Gasteiger partial charge on any atom is 0.183 e. The van der Waals surface area contributed by atoms with Gasteiger partial charge in [0.05, 0.1) is 0 Å². The fraction of sp³-hybridized carbons (Fsp3) is 1.00. The van der Waals surface area contributed by atoms with Gasteiger partial charge in [-0.25, -0.2) is 0 Å². The van der Waals surface area contributed by atoms with E-state index in [0.29, 0.717) is 19.6 Å². The lowest BCUT2D eigenvalue weighted by Gasteiger charge is -2.21. The average Bonchev–Trinajstić information content (AvgIpc) is 2.03. The van der Waals surface area contributed by atoms with Crippen LogP contribution in [0.25, 0.3) is 0 Å². The molecule has 0 radical (unpaired) electrons. The van der Waals surface area contributed by atoms with Crippen LogP contribution in [-0.4, -0.2) is 30.7 Å². The Kier molecular flexibility index (Phi) is 6.51. The van der Waals surface area contributed by atoms with Gasteiger partial charge in [0.2, 0.25) is 0 Å². The van der Waals surface area contributed by atoms with E-state index in [1.54, 1.807) is 0 Å². The molecule has 3 heteroatoms. The van der Waals surface area contributed by atoms with Crippen LogP contribution in [0.1, 0.15) is 27.2 Å². The molecule has 0 heterocycles. The monoisotopic (exact) mass is 162 g/mol. The van der Waals surface area contributed by atoms with Crippen molar-refractivity contribution in [3.05, 3.63) is 0 Å². The molecule has 68 valence electrons. The van der Waals surface area contributed by atoms with Crippen LogP contribution in [0.4, 0.5) is 0 Å². The molecular formula is C8H18O3. The van der Waals surface area contributed by atoms with Crippen molar-refractivity contribution in [1.29, 1.82) is 0 Å². The molecule has 1 unspecified atom stereocenters. The summed E-state index contributed by atoms with van der Waals surface area (Å²) < 4.78 is 10.3. The Morgan fingerprint density at radius 1 is 1.09 bits per heavy atom. The zero-order chi connectivity index (χ0) is 8.69. The quantitative estimate of drug-likeness (QED) is 0.595. The molecule has 0 fully saturated rings. The molecule has 3 nitrogen and oxygen atoms in total. The first kappa shape index (κ1) is 10.9. The van der Waals surface area contributed by atoms with Crippen LogP contribution in [0.15, 0.2) is 0 Å². The van der Waals surface area contributed by atoms with Crippen LogP contribution in [0.2, 0.25) is 0 Å². The molecule has 0 aliphatic carbocycles. The van der Waals surface area contributed by atoms with Gasteiger partial charge in [-0.1, -0.05) is 6.92 Å². The summed E-state index contributed by atoms with van der Waals surface area (Å²) in [6.45, 7) is 6.81. The summed E-state index contributed by atoms with van der Waals surface area (Å²) in [7, 11) is 0. The van der Waals surface area contributed by atoms with E-state index in [2.05, 4.69) is 0 Å². The number of hydrogen-bond acceptors (Lipinski definition) is 3. The van der Waals surface area contributed by atoms with Crippen molar-refractivity contribution < 1.29 is 14.6 Å². The van der Waals surface area contributed by atoms with Gasteiger partial charge < -0.3 is 14.6 Å². The Labute approximate surface area is 68.3 Å². The maximum atomic E-state index is 9.33. The van der Waals surface area contributed by atoms with Gasteiger partial charge in [0.25, 0.3) is 0 Å². The molecule has 0 aliphatic heterocycles. The van der Waals surface area contributed by atoms with Crippen LogP contribution in [0.5, 0.6) is 0 Å². The zero-order valence-corrected chi connectivity index (χ0v) is 7.54. The fourth-order valence-corrected chi connectivity index (χ4v) is 0.791. The maximum absolute atomic E-state index is 9.33. The molecule has 0 spiro atoms. The van der Waals surface area contributed by atoms with Gasteiger partial charge in [0, 0.05) is 13.2 Å². The third kappa shape index (κ3) is 4.35. The highest BCUT2D eigenvalue weighted by molar-refractivity contribution is 4.56. The first-order valence-corrected chi connectivity index (χ1v) is 4.17. The van der Waals surface area contributed by atoms with Crippen LogP contribution < -0.4 is 0 Å². The lowest BCUT2D eigenvalue weighted by Crippen LogP contribution is -2.31. The van der Waals surface area contributed by atoms with Gasteiger partial charge in [-0.3, -0.25) is 0 Å². The van der Waals surface area contributed by atoms with Crippen LogP contribution >= 0.6 is 0 Å². The lowest BCUT2D eigenvalue weighted by atomic mass is 10.3. The zero-order valence-electron chi connectivity index (χ0n) is 7.54. The number of hydrogen-bond donors (Lipinski definition) is 1. The Hall–Kier alpha value is -0.120. The van der Waals surface area contributed by atoms with Crippen LogP contribution in [0, 0.1) is 0 Å². The largest absolute Gasteiger partial charge is 0.388 e. The van der Waals surface area contributed by atoms with E-state index < -0.39 is 12.4 Å². The molecule has 0 aliphatic rings. The van der Waals surface area contributed by atoms with Crippen LogP contribution in [-0.2, 0) is 9.47 Å². The Morgan fingerprint density at radius 3 is 1.82 bits per heavy atom. The van der Waals surface area contributed by atoms with E-state index in [1.807, 2.05) is 20.8 Å². The van der Waals surface area contributed by atoms with Crippen molar-refractivity contribution in [2.45, 2.75) is 39.6 Å². The molecule has 0 saturated carbocycles. The average molecular weight is 162 g/mol. The van der Waals surface area contributed by atoms with Gasteiger partial charge in [0.15, 0.2) is 6.29 Å². The summed E-state index contributed by atoms with van der Waals surface area (Å²) >= 11 is 0. The highest BCUT2D eigenvalue weighted by atomic mass is 16.7. The van der Waals surface area contributed by atoms with Crippen molar-refractivity contribution in [3.63, 3.8) is 0 Å². The summed E-state index contributed by atoms with van der Waals surface area (Å²) in [5, 5.41) is 9.33. The first-order valence-electron chi connectivity index (χ1n) is 4.17. The predicted octanol–water partition coefficient (Wildman–Crippen LogP) is 1.16. The van der Waals surface area contributed by atoms with Crippen molar-refractivity contribution in [2.75, 3.05) is 13.2 Å². The third-order valence-corrected chi connectivity index (χ3v) is 1.39. The third-order valence-electron chi connectivity index (χ3n) is 1.39. The Balaban J connectivity index is 3.66. The standard InChI is InChI=1S/C8H18O3/c1-4-7(9)8(10-5-2)11-6-3/h7-9H,4-6H2,1-3H3. The molecular weight excluding hydrogens is 144 g/mol. The van der Waals surface area contributed by atoms with Crippen LogP contribution in [0.3, 0.4) is 0 Å². The van der Waals surface area contributed by atoms with Crippen molar-refractivity contribution >= 4 is 0 Å². The molecule has 11 heavy (non-hydrogen) atoms. The van der Waals surface area contributed by atoms with E-state index in [0.717, 1.165) is 0 Å². The first-order chi connectivity index (χ1) is 5.26. The van der Waals surface area contributed by atoms with Crippen molar-refractivity contribution in [1.82, 2.24) is 0 Å². The molecule has 0 aromatic heterocycles. The molecule has 1 N–H and O–H groups in total. The number of ether oxygens (including phenoxy) is 2. The summed E-state index contributed by atoms with van der Waals surface area (Å²) in [5.41, 5.74) is 0. The minimum atomic E-state index is -0.505. The van der Waals surface area contributed by atoms with Gasteiger partial charge in [0.1, 0.15) is 6.10 Å². The Bertz CT molecular complexity index is 79.4. The van der Waals surface area contributed by atoms with Gasteiger partial charge in [-0.2, -0.15) is 0 Å². The topological polar surface area (TPSA) is 38.7 Å². The smallest absolute Gasteiger partial charge is 0.183 e. The molecule has 0 amide bonds. The van der Waals surface area contributed by atoms with Gasteiger partial charge >= 0.3 is 0 Å².